The number of aliphatic hydroxyl groups is 1. The monoisotopic (exact) mass is 338 g/mol. The molecule has 2 unspecified atom stereocenters. The Labute approximate surface area is 148 Å². The Balaban J connectivity index is 2.00. The second-order valence-electron chi connectivity index (χ2n) is 8.17. The first kappa shape index (κ1) is 19.5. The standard InChI is InChI=1S/C19H38N4O/c1-5-20-18(22-16-8-10-17(24)11-9-16)21-14-19(23(3)4)12-6-7-15(2)13-19/h15-17,24H,5-14H2,1-4H3,(H2,20,21,22). The van der Waals surface area contributed by atoms with E-state index in [0.717, 1.165) is 50.7 Å². The molecule has 2 atom stereocenters. The van der Waals surface area contributed by atoms with Crippen LogP contribution in [0.2, 0.25) is 0 Å². The van der Waals surface area contributed by atoms with Crippen LogP contribution in [0.4, 0.5) is 0 Å². The van der Waals surface area contributed by atoms with Gasteiger partial charge in [-0.2, -0.15) is 0 Å². The number of nitrogens with zero attached hydrogens (tertiary/aromatic N) is 2. The molecule has 2 fully saturated rings. The second-order valence-corrected chi connectivity index (χ2v) is 8.17. The molecule has 5 nitrogen and oxygen atoms in total. The van der Waals surface area contributed by atoms with E-state index >= 15 is 0 Å². The minimum absolute atomic E-state index is 0.108. The summed E-state index contributed by atoms with van der Waals surface area (Å²) in [6.07, 6.45) is 8.88. The van der Waals surface area contributed by atoms with Crippen molar-refractivity contribution >= 4 is 5.96 Å². The van der Waals surface area contributed by atoms with Crippen molar-refractivity contribution in [3.63, 3.8) is 0 Å². The summed E-state index contributed by atoms with van der Waals surface area (Å²) < 4.78 is 0. The van der Waals surface area contributed by atoms with Crippen LogP contribution in [0.25, 0.3) is 0 Å². The Morgan fingerprint density at radius 1 is 1.21 bits per heavy atom. The summed E-state index contributed by atoms with van der Waals surface area (Å²) in [5.74, 6) is 1.73. The maximum atomic E-state index is 9.68. The topological polar surface area (TPSA) is 59.9 Å². The quantitative estimate of drug-likeness (QED) is 0.532. The van der Waals surface area contributed by atoms with E-state index < -0.39 is 0 Å². The first-order valence-electron chi connectivity index (χ1n) is 9.85. The lowest BCUT2D eigenvalue weighted by Gasteiger charge is -2.44. The molecule has 0 aromatic carbocycles. The van der Waals surface area contributed by atoms with Gasteiger partial charge in [-0.25, -0.2) is 0 Å². The van der Waals surface area contributed by atoms with Crippen LogP contribution < -0.4 is 10.6 Å². The molecule has 2 rings (SSSR count). The van der Waals surface area contributed by atoms with Gasteiger partial charge in [-0.1, -0.05) is 19.8 Å². The smallest absolute Gasteiger partial charge is 0.191 e. The van der Waals surface area contributed by atoms with E-state index in [1.165, 1.54) is 25.7 Å². The summed E-state index contributed by atoms with van der Waals surface area (Å²) in [4.78, 5) is 7.36. The molecular formula is C19H38N4O. The van der Waals surface area contributed by atoms with E-state index in [-0.39, 0.29) is 11.6 Å². The van der Waals surface area contributed by atoms with E-state index in [1.54, 1.807) is 0 Å². The van der Waals surface area contributed by atoms with Crippen molar-refractivity contribution in [1.82, 2.24) is 15.5 Å². The van der Waals surface area contributed by atoms with Crippen LogP contribution in [0.1, 0.15) is 65.2 Å². The van der Waals surface area contributed by atoms with Crippen molar-refractivity contribution in [2.75, 3.05) is 27.2 Å². The lowest BCUT2D eigenvalue weighted by Crippen LogP contribution is -2.51. The molecule has 24 heavy (non-hydrogen) atoms. The SMILES string of the molecule is CCNC(=NCC1(N(C)C)CCCC(C)C1)NC1CCC(O)CC1. The van der Waals surface area contributed by atoms with Crippen LogP contribution >= 0.6 is 0 Å². The van der Waals surface area contributed by atoms with Gasteiger partial charge in [0.1, 0.15) is 0 Å². The Kier molecular flexibility index (Phi) is 7.35. The Bertz CT molecular complexity index is 404. The third kappa shape index (κ3) is 5.35. The van der Waals surface area contributed by atoms with Crippen molar-refractivity contribution in [1.29, 1.82) is 0 Å². The molecule has 0 heterocycles. The van der Waals surface area contributed by atoms with Crippen LogP contribution in [0, 0.1) is 5.92 Å². The largest absolute Gasteiger partial charge is 0.393 e. The van der Waals surface area contributed by atoms with Crippen molar-refractivity contribution in [2.45, 2.75) is 82.9 Å². The van der Waals surface area contributed by atoms with Gasteiger partial charge in [-0.3, -0.25) is 4.99 Å². The van der Waals surface area contributed by atoms with Crippen LogP contribution in [-0.4, -0.2) is 60.8 Å². The highest BCUT2D eigenvalue weighted by atomic mass is 16.3. The average molecular weight is 339 g/mol. The van der Waals surface area contributed by atoms with E-state index in [2.05, 4.69) is 43.5 Å². The lowest BCUT2D eigenvalue weighted by atomic mass is 9.75. The van der Waals surface area contributed by atoms with Gasteiger partial charge >= 0.3 is 0 Å². The van der Waals surface area contributed by atoms with Gasteiger partial charge in [0.15, 0.2) is 5.96 Å². The van der Waals surface area contributed by atoms with Gasteiger partial charge in [0.05, 0.1) is 12.6 Å². The summed E-state index contributed by atoms with van der Waals surface area (Å²) >= 11 is 0. The fourth-order valence-corrected chi connectivity index (χ4v) is 4.28. The molecule has 0 aromatic rings. The number of hydrogen-bond donors (Lipinski definition) is 3. The zero-order valence-corrected chi connectivity index (χ0v) is 16.1. The third-order valence-electron chi connectivity index (χ3n) is 5.93. The van der Waals surface area contributed by atoms with Crippen molar-refractivity contribution in [3.8, 4) is 0 Å². The van der Waals surface area contributed by atoms with E-state index in [9.17, 15) is 5.11 Å². The maximum Gasteiger partial charge on any atom is 0.191 e. The van der Waals surface area contributed by atoms with Crippen molar-refractivity contribution < 1.29 is 5.11 Å². The summed E-state index contributed by atoms with van der Waals surface area (Å²) in [6.45, 7) is 6.23. The molecule has 0 spiro atoms. The van der Waals surface area contributed by atoms with Gasteiger partial charge in [0.25, 0.3) is 0 Å². The number of aliphatic imine (C=N–C) groups is 1. The number of hydrogen-bond acceptors (Lipinski definition) is 3. The average Bonchev–Trinajstić information content (AvgIpc) is 2.55. The Morgan fingerprint density at radius 2 is 1.92 bits per heavy atom. The molecule has 140 valence electrons. The van der Waals surface area contributed by atoms with Crippen molar-refractivity contribution in [2.24, 2.45) is 10.9 Å². The predicted octanol–water partition coefficient (Wildman–Crippen LogP) is 2.36. The first-order valence-corrected chi connectivity index (χ1v) is 9.85. The third-order valence-corrected chi connectivity index (χ3v) is 5.93. The molecule has 0 saturated heterocycles. The Hall–Kier alpha value is -0.810. The summed E-state index contributed by atoms with van der Waals surface area (Å²) in [7, 11) is 4.41. The minimum Gasteiger partial charge on any atom is -0.393 e. The van der Waals surface area contributed by atoms with Gasteiger partial charge in [-0.15, -0.1) is 0 Å². The Morgan fingerprint density at radius 3 is 2.50 bits per heavy atom. The van der Waals surface area contributed by atoms with Crippen LogP contribution in [-0.2, 0) is 0 Å². The zero-order valence-electron chi connectivity index (χ0n) is 16.1. The fraction of sp³-hybridized carbons (Fsp3) is 0.947. The second kappa shape index (κ2) is 9.04. The highest BCUT2D eigenvalue weighted by Gasteiger charge is 2.36. The number of likely N-dealkylation sites (N-methyl/N-ethyl adjacent to an activating group) is 1. The molecule has 2 saturated carbocycles. The molecule has 0 aromatic heterocycles. The molecule has 5 heteroatoms. The van der Waals surface area contributed by atoms with Crippen LogP contribution in [0.3, 0.4) is 0 Å². The van der Waals surface area contributed by atoms with E-state index in [4.69, 9.17) is 4.99 Å². The van der Waals surface area contributed by atoms with Crippen LogP contribution in [0.5, 0.6) is 0 Å². The number of guanidine groups is 1. The molecule has 0 radical (unpaired) electrons. The van der Waals surface area contributed by atoms with Gasteiger partial charge in [-0.05, 0) is 65.5 Å². The molecule has 0 amide bonds. The molecular weight excluding hydrogens is 300 g/mol. The molecule has 2 aliphatic carbocycles. The van der Waals surface area contributed by atoms with E-state index in [0.29, 0.717) is 6.04 Å². The molecule has 0 aliphatic heterocycles. The van der Waals surface area contributed by atoms with Crippen LogP contribution in [0.15, 0.2) is 4.99 Å². The first-order chi connectivity index (χ1) is 11.4. The minimum atomic E-state index is -0.108. The number of rotatable bonds is 5. The summed E-state index contributed by atoms with van der Waals surface area (Å²) in [5.41, 5.74) is 0.197. The lowest BCUT2D eigenvalue weighted by molar-refractivity contribution is 0.0844. The predicted molar refractivity (Wildman–Crippen MR) is 101 cm³/mol. The summed E-state index contributed by atoms with van der Waals surface area (Å²) in [6, 6.07) is 0.437. The van der Waals surface area contributed by atoms with Gasteiger partial charge in [0, 0.05) is 18.1 Å². The number of aliphatic hydroxyl groups excluding tert-OH is 1. The normalized spacial score (nSPS) is 35.1. The zero-order chi connectivity index (χ0) is 17.6. The highest BCUT2D eigenvalue weighted by Crippen LogP contribution is 2.35. The molecule has 3 N–H and O–H groups in total. The summed E-state index contributed by atoms with van der Waals surface area (Å²) in [5, 5.41) is 16.7. The highest BCUT2D eigenvalue weighted by molar-refractivity contribution is 5.80. The van der Waals surface area contributed by atoms with Crippen molar-refractivity contribution in [3.05, 3.63) is 0 Å². The number of nitrogens with one attached hydrogen (secondary N) is 2. The van der Waals surface area contributed by atoms with E-state index in [1.807, 2.05) is 0 Å². The molecule has 2 aliphatic rings. The fourth-order valence-electron chi connectivity index (χ4n) is 4.28. The maximum absolute atomic E-state index is 9.68. The van der Waals surface area contributed by atoms with Gasteiger partial charge < -0.3 is 20.6 Å². The molecule has 0 bridgehead atoms. The van der Waals surface area contributed by atoms with Gasteiger partial charge in [0.2, 0.25) is 0 Å².